The van der Waals surface area contributed by atoms with Crippen LogP contribution in [0.3, 0.4) is 0 Å². The van der Waals surface area contributed by atoms with Gasteiger partial charge in [-0.15, -0.1) is 0 Å². The summed E-state index contributed by atoms with van der Waals surface area (Å²) < 4.78 is 23.3. The van der Waals surface area contributed by atoms with Gasteiger partial charge in [0.1, 0.15) is 5.41 Å². The molecule has 0 N–H and O–H groups in total. The molecule has 3 rings (SSSR count). The molecule has 0 aromatic carbocycles. The number of piperazine rings is 1. The average Bonchev–Trinajstić information content (AvgIpc) is 3.24. The van der Waals surface area contributed by atoms with E-state index in [-0.39, 0.29) is 29.4 Å². The highest BCUT2D eigenvalue weighted by atomic mass is 32.2. The van der Waals surface area contributed by atoms with Gasteiger partial charge in [0.05, 0.1) is 11.5 Å². The summed E-state index contributed by atoms with van der Waals surface area (Å²) in [5.74, 6) is -0.102. The Bertz CT molecular complexity index is 606. The van der Waals surface area contributed by atoms with E-state index in [2.05, 4.69) is 4.90 Å². The number of carbonyl (C=O) groups is 2. The van der Waals surface area contributed by atoms with Crippen LogP contribution in [-0.2, 0) is 19.4 Å². The number of rotatable bonds is 3. The quantitative estimate of drug-likeness (QED) is 0.626. The molecule has 1 atom stereocenters. The molecule has 1 unspecified atom stereocenters. The first-order chi connectivity index (χ1) is 10.8. The van der Waals surface area contributed by atoms with Crippen molar-refractivity contribution in [3.8, 4) is 0 Å². The van der Waals surface area contributed by atoms with Crippen molar-refractivity contribution in [1.29, 1.82) is 0 Å². The average molecular weight is 343 g/mol. The maximum Gasteiger partial charge on any atom is 0.238 e. The Morgan fingerprint density at radius 1 is 1.13 bits per heavy atom. The van der Waals surface area contributed by atoms with Gasteiger partial charge in [0.2, 0.25) is 11.8 Å². The van der Waals surface area contributed by atoms with Gasteiger partial charge in [-0.3, -0.25) is 9.59 Å². The van der Waals surface area contributed by atoms with E-state index < -0.39 is 15.3 Å². The summed E-state index contributed by atoms with van der Waals surface area (Å²) in [7, 11) is 0.625. The minimum atomic E-state index is -3.04. The van der Waals surface area contributed by atoms with Gasteiger partial charge in [0.25, 0.3) is 0 Å². The number of amides is 2. The molecule has 2 aliphatic heterocycles. The molecule has 3 fully saturated rings. The SMILES string of the molecule is CN1CCN(C(=O)C2(C(=O)N(C)C3CCS(=O)(=O)C3)CC2)CC1. The normalized spacial score (nSPS) is 29.3. The van der Waals surface area contributed by atoms with Crippen LogP contribution in [0.25, 0.3) is 0 Å². The van der Waals surface area contributed by atoms with Crippen molar-refractivity contribution in [2.24, 2.45) is 5.41 Å². The first-order valence-corrected chi connectivity index (χ1v) is 10.0. The number of carbonyl (C=O) groups excluding carboxylic acids is 2. The summed E-state index contributed by atoms with van der Waals surface area (Å²) in [6.07, 6.45) is 1.64. The van der Waals surface area contributed by atoms with Crippen molar-refractivity contribution in [3.05, 3.63) is 0 Å². The molecule has 1 aliphatic carbocycles. The van der Waals surface area contributed by atoms with E-state index in [0.29, 0.717) is 32.4 Å². The van der Waals surface area contributed by atoms with Gasteiger partial charge in [-0.25, -0.2) is 8.42 Å². The molecular formula is C15H25N3O4S. The number of likely N-dealkylation sites (N-methyl/N-ethyl adjacent to an activating group) is 1. The van der Waals surface area contributed by atoms with Crippen molar-refractivity contribution >= 4 is 21.7 Å². The lowest BCUT2D eigenvalue weighted by Crippen LogP contribution is -2.53. The second-order valence-electron chi connectivity index (χ2n) is 7.15. The van der Waals surface area contributed by atoms with Crippen LogP contribution in [0, 0.1) is 5.41 Å². The summed E-state index contributed by atoms with van der Waals surface area (Å²) in [4.78, 5) is 31.1. The summed E-state index contributed by atoms with van der Waals surface area (Å²) in [5.41, 5.74) is -0.920. The molecule has 1 saturated carbocycles. The van der Waals surface area contributed by atoms with Crippen molar-refractivity contribution in [2.45, 2.75) is 25.3 Å². The summed E-state index contributed by atoms with van der Waals surface area (Å²) in [6, 6.07) is -0.287. The fourth-order valence-electron chi connectivity index (χ4n) is 3.54. The van der Waals surface area contributed by atoms with E-state index in [9.17, 15) is 18.0 Å². The van der Waals surface area contributed by atoms with Gasteiger partial charge in [0, 0.05) is 39.3 Å². The van der Waals surface area contributed by atoms with Gasteiger partial charge in [-0.1, -0.05) is 0 Å². The predicted octanol–water partition coefficient (Wildman–Crippen LogP) is -0.814. The zero-order chi connectivity index (χ0) is 16.8. The zero-order valence-corrected chi connectivity index (χ0v) is 14.6. The highest BCUT2D eigenvalue weighted by Crippen LogP contribution is 2.49. The number of hydrogen-bond acceptors (Lipinski definition) is 5. The second-order valence-corrected chi connectivity index (χ2v) is 9.38. The zero-order valence-electron chi connectivity index (χ0n) is 13.8. The maximum absolute atomic E-state index is 12.8. The molecule has 130 valence electrons. The van der Waals surface area contributed by atoms with Gasteiger partial charge < -0.3 is 14.7 Å². The minimum absolute atomic E-state index is 0.0218. The van der Waals surface area contributed by atoms with Crippen molar-refractivity contribution in [1.82, 2.24) is 14.7 Å². The first-order valence-electron chi connectivity index (χ1n) is 8.21. The summed E-state index contributed by atoms with van der Waals surface area (Å²) in [5, 5.41) is 0. The molecule has 3 aliphatic rings. The smallest absolute Gasteiger partial charge is 0.238 e. The van der Waals surface area contributed by atoms with Crippen LogP contribution in [-0.4, -0.2) is 92.8 Å². The van der Waals surface area contributed by atoms with E-state index >= 15 is 0 Å². The molecule has 0 spiro atoms. The number of sulfone groups is 1. The van der Waals surface area contributed by atoms with Crippen LogP contribution in [0.4, 0.5) is 0 Å². The third-order valence-electron chi connectivity index (χ3n) is 5.44. The molecular weight excluding hydrogens is 318 g/mol. The predicted molar refractivity (Wildman–Crippen MR) is 85.6 cm³/mol. The van der Waals surface area contributed by atoms with Crippen LogP contribution >= 0.6 is 0 Å². The van der Waals surface area contributed by atoms with Crippen molar-refractivity contribution in [3.63, 3.8) is 0 Å². The van der Waals surface area contributed by atoms with Gasteiger partial charge in [-0.05, 0) is 26.3 Å². The lowest BCUT2D eigenvalue weighted by atomic mass is 10.0. The molecule has 8 heteroatoms. The lowest BCUT2D eigenvalue weighted by Gasteiger charge is -2.36. The largest absolute Gasteiger partial charge is 0.341 e. The standard InChI is InChI=1S/C15H25N3O4S/c1-16-6-8-18(9-7-16)14(20)15(4-5-15)13(19)17(2)12-3-10-23(21,22)11-12/h12H,3-11H2,1-2H3. The molecule has 2 heterocycles. The van der Waals surface area contributed by atoms with E-state index in [1.165, 1.54) is 4.90 Å². The van der Waals surface area contributed by atoms with Crippen LogP contribution in [0.1, 0.15) is 19.3 Å². The molecule has 0 bridgehead atoms. The van der Waals surface area contributed by atoms with Gasteiger partial charge in [-0.2, -0.15) is 0 Å². The van der Waals surface area contributed by atoms with Crippen LogP contribution in [0.2, 0.25) is 0 Å². The minimum Gasteiger partial charge on any atom is -0.341 e. The molecule has 0 aromatic rings. The van der Waals surface area contributed by atoms with Crippen molar-refractivity contribution in [2.75, 3.05) is 51.8 Å². The second kappa shape index (κ2) is 5.73. The Balaban J connectivity index is 1.67. The molecule has 0 radical (unpaired) electrons. The van der Waals surface area contributed by atoms with Gasteiger partial charge >= 0.3 is 0 Å². The van der Waals surface area contributed by atoms with Crippen LogP contribution in [0.15, 0.2) is 0 Å². The third-order valence-corrected chi connectivity index (χ3v) is 7.19. The summed E-state index contributed by atoms with van der Waals surface area (Å²) >= 11 is 0. The Hall–Kier alpha value is -1.15. The van der Waals surface area contributed by atoms with E-state index in [4.69, 9.17) is 0 Å². The van der Waals surface area contributed by atoms with Gasteiger partial charge in [0.15, 0.2) is 9.84 Å². The molecule has 2 saturated heterocycles. The monoisotopic (exact) mass is 343 g/mol. The Morgan fingerprint density at radius 3 is 2.22 bits per heavy atom. The number of nitrogens with zero attached hydrogens (tertiary/aromatic N) is 3. The number of hydrogen-bond donors (Lipinski definition) is 0. The highest BCUT2D eigenvalue weighted by Gasteiger charge is 2.59. The lowest BCUT2D eigenvalue weighted by molar-refractivity contribution is -0.150. The fraction of sp³-hybridized carbons (Fsp3) is 0.867. The van der Waals surface area contributed by atoms with Crippen LogP contribution < -0.4 is 0 Å². The topological polar surface area (TPSA) is 78.0 Å². The third kappa shape index (κ3) is 3.10. The Kier molecular flexibility index (Phi) is 4.16. The molecule has 23 heavy (non-hydrogen) atoms. The van der Waals surface area contributed by atoms with E-state index in [1.54, 1.807) is 11.9 Å². The van der Waals surface area contributed by atoms with E-state index in [1.807, 2.05) is 7.05 Å². The van der Waals surface area contributed by atoms with E-state index in [0.717, 1.165) is 13.1 Å². The highest BCUT2D eigenvalue weighted by molar-refractivity contribution is 7.91. The Labute approximate surface area is 137 Å². The fourth-order valence-corrected chi connectivity index (χ4v) is 5.32. The molecule has 2 amide bonds. The van der Waals surface area contributed by atoms with Crippen molar-refractivity contribution < 1.29 is 18.0 Å². The summed E-state index contributed by atoms with van der Waals surface area (Å²) in [6.45, 7) is 2.97. The Morgan fingerprint density at radius 2 is 1.74 bits per heavy atom. The molecule has 0 aromatic heterocycles. The first kappa shape index (κ1) is 16.7. The van der Waals surface area contributed by atoms with Crippen LogP contribution in [0.5, 0.6) is 0 Å². The maximum atomic E-state index is 12.8. The molecule has 7 nitrogen and oxygen atoms in total.